The van der Waals surface area contributed by atoms with Gasteiger partial charge in [0.25, 0.3) is 0 Å². The highest BCUT2D eigenvalue weighted by Crippen LogP contribution is 2.09. The lowest BCUT2D eigenvalue weighted by molar-refractivity contribution is -0.107. The van der Waals surface area contributed by atoms with Gasteiger partial charge in [0.05, 0.1) is 0 Å². The zero-order valence-corrected chi connectivity index (χ0v) is 9.18. The number of hydrogen-bond donors (Lipinski definition) is 0. The van der Waals surface area contributed by atoms with E-state index in [1.54, 1.807) is 0 Å². The van der Waals surface area contributed by atoms with E-state index >= 15 is 0 Å². The largest absolute Gasteiger partial charge is 0.276 e. The molecular weight excluding hydrogens is 222 g/mol. The van der Waals surface area contributed by atoms with Crippen LogP contribution in [0.3, 0.4) is 0 Å². The summed E-state index contributed by atoms with van der Waals surface area (Å²) in [6, 6.07) is 3.30. The van der Waals surface area contributed by atoms with Gasteiger partial charge in [-0.3, -0.25) is 4.79 Å². The highest BCUT2D eigenvalue weighted by molar-refractivity contribution is 6.66. The Balaban J connectivity index is 0.000000921. The third-order valence-electron chi connectivity index (χ3n) is 1.35. The van der Waals surface area contributed by atoms with Gasteiger partial charge < -0.3 is 0 Å². The number of benzene rings is 1. The third kappa shape index (κ3) is 5.27. The molecule has 0 saturated heterocycles. The van der Waals surface area contributed by atoms with Gasteiger partial charge in [0.15, 0.2) is 11.6 Å². The van der Waals surface area contributed by atoms with E-state index in [1.165, 1.54) is 12.1 Å². The van der Waals surface area contributed by atoms with Crippen molar-refractivity contribution in [2.24, 2.45) is 0 Å². The number of hydrogen-bond acceptors (Lipinski definition) is 1. The van der Waals surface area contributed by atoms with Crippen LogP contribution in [0.25, 0.3) is 6.08 Å². The number of carbonyl (C=O) groups excluding carboxylic acids is 1. The molecule has 0 unspecified atom stereocenters. The summed E-state index contributed by atoms with van der Waals surface area (Å²) in [5.74, 6) is -1.88. The maximum Gasteiger partial charge on any atom is 0.245 e. The fraction of sp³-hybridized carbons (Fsp3) is 0.182. The summed E-state index contributed by atoms with van der Waals surface area (Å²) in [7, 11) is 0. The minimum absolute atomic E-state index is 0.382. The summed E-state index contributed by atoms with van der Waals surface area (Å²) in [6.45, 7) is 4.00. The maximum absolute atomic E-state index is 12.6. The van der Waals surface area contributed by atoms with Crippen molar-refractivity contribution in [1.82, 2.24) is 0 Å². The first-order chi connectivity index (χ1) is 7.09. The van der Waals surface area contributed by atoms with Crippen molar-refractivity contribution in [3.63, 3.8) is 0 Å². The van der Waals surface area contributed by atoms with Crippen LogP contribution >= 0.6 is 11.6 Å². The Labute approximate surface area is 92.4 Å². The van der Waals surface area contributed by atoms with Gasteiger partial charge in [-0.25, -0.2) is 8.78 Å². The van der Waals surface area contributed by atoms with Gasteiger partial charge in [-0.05, 0) is 35.4 Å². The molecule has 1 nitrogen and oxygen atoms in total. The number of halogens is 3. The van der Waals surface area contributed by atoms with Crippen molar-refractivity contribution in [3.8, 4) is 0 Å². The van der Waals surface area contributed by atoms with Crippen molar-refractivity contribution in [3.05, 3.63) is 41.5 Å². The molecule has 1 rings (SSSR count). The summed E-state index contributed by atoms with van der Waals surface area (Å²) in [5.41, 5.74) is 0.382. The van der Waals surface area contributed by atoms with Crippen LogP contribution in [0.1, 0.15) is 19.4 Å². The lowest BCUT2D eigenvalue weighted by atomic mass is 10.2. The van der Waals surface area contributed by atoms with Gasteiger partial charge in [0.1, 0.15) is 0 Å². The average molecular weight is 233 g/mol. The fourth-order valence-corrected chi connectivity index (χ4v) is 0.841. The van der Waals surface area contributed by atoms with Crippen LogP contribution in [-0.2, 0) is 4.79 Å². The molecule has 0 saturated carbocycles. The van der Waals surface area contributed by atoms with Gasteiger partial charge >= 0.3 is 0 Å². The zero-order valence-electron chi connectivity index (χ0n) is 8.43. The molecule has 0 heterocycles. The molecule has 1 aromatic carbocycles. The summed E-state index contributed by atoms with van der Waals surface area (Å²) in [4.78, 5) is 10.3. The number of rotatable bonds is 2. The second-order valence-electron chi connectivity index (χ2n) is 2.31. The smallest absolute Gasteiger partial charge is 0.245 e. The standard InChI is InChI=1S/C9H5ClF2O.C2H6/c10-9(13)4-2-6-1-3-7(11)8(12)5-6;1-2/h1-5H;1-2H3/b4-2+;. The normalized spacial score (nSPS) is 9.67. The Morgan fingerprint density at radius 1 is 1.27 bits per heavy atom. The minimum Gasteiger partial charge on any atom is -0.276 e. The summed E-state index contributed by atoms with van der Waals surface area (Å²) in [6.07, 6.45) is 2.37. The van der Waals surface area contributed by atoms with Gasteiger partial charge in [0, 0.05) is 0 Å². The lowest BCUT2D eigenvalue weighted by Crippen LogP contribution is -1.84. The van der Waals surface area contributed by atoms with Crippen LogP contribution in [0.5, 0.6) is 0 Å². The molecule has 0 aliphatic rings. The van der Waals surface area contributed by atoms with E-state index in [4.69, 9.17) is 11.6 Å². The molecule has 82 valence electrons. The highest BCUT2D eigenvalue weighted by atomic mass is 35.5. The molecule has 0 radical (unpaired) electrons. The van der Waals surface area contributed by atoms with Crippen molar-refractivity contribution in [2.45, 2.75) is 13.8 Å². The molecule has 0 amide bonds. The summed E-state index contributed by atoms with van der Waals surface area (Å²) >= 11 is 5.01. The van der Waals surface area contributed by atoms with Crippen LogP contribution in [0.15, 0.2) is 24.3 Å². The maximum atomic E-state index is 12.6. The molecule has 0 fully saturated rings. The molecular formula is C11H11ClF2O. The van der Waals surface area contributed by atoms with Crippen LogP contribution in [0, 0.1) is 11.6 Å². The van der Waals surface area contributed by atoms with E-state index in [9.17, 15) is 13.6 Å². The Morgan fingerprint density at radius 3 is 2.33 bits per heavy atom. The monoisotopic (exact) mass is 232 g/mol. The summed E-state index contributed by atoms with van der Waals surface area (Å²) < 4.78 is 25.0. The van der Waals surface area contributed by atoms with Gasteiger partial charge in [-0.1, -0.05) is 26.0 Å². The lowest BCUT2D eigenvalue weighted by Gasteiger charge is -1.94. The number of allylic oxidation sites excluding steroid dienone is 1. The minimum atomic E-state index is -0.954. The van der Waals surface area contributed by atoms with Crippen LogP contribution in [0.2, 0.25) is 0 Å². The van der Waals surface area contributed by atoms with E-state index in [0.29, 0.717) is 5.56 Å². The molecule has 0 aliphatic carbocycles. The third-order valence-corrected chi connectivity index (χ3v) is 1.48. The second kappa shape index (κ2) is 7.12. The molecule has 15 heavy (non-hydrogen) atoms. The zero-order chi connectivity index (χ0) is 11.8. The van der Waals surface area contributed by atoms with E-state index < -0.39 is 16.9 Å². The molecule has 0 N–H and O–H groups in total. The SMILES string of the molecule is CC.O=C(Cl)/C=C/c1ccc(F)c(F)c1. The Hall–Kier alpha value is -1.22. The van der Waals surface area contributed by atoms with Gasteiger partial charge in [0.2, 0.25) is 5.24 Å². The molecule has 4 heteroatoms. The van der Waals surface area contributed by atoms with Crippen LogP contribution in [0.4, 0.5) is 8.78 Å². The molecule has 0 atom stereocenters. The molecule has 1 aromatic rings. The first kappa shape index (κ1) is 13.8. The first-order valence-electron chi connectivity index (χ1n) is 4.42. The van der Waals surface area contributed by atoms with Crippen molar-refractivity contribution >= 4 is 22.9 Å². The average Bonchev–Trinajstić information content (AvgIpc) is 2.23. The Kier molecular flexibility index (Phi) is 6.54. The van der Waals surface area contributed by atoms with Crippen molar-refractivity contribution in [1.29, 1.82) is 0 Å². The predicted octanol–water partition coefficient (Wildman–Crippen LogP) is 3.77. The molecule has 0 spiro atoms. The predicted molar refractivity (Wildman–Crippen MR) is 57.6 cm³/mol. The van der Waals surface area contributed by atoms with E-state index in [-0.39, 0.29) is 0 Å². The van der Waals surface area contributed by atoms with Gasteiger partial charge in [-0.15, -0.1) is 0 Å². The summed E-state index contributed by atoms with van der Waals surface area (Å²) in [5, 5.41) is -0.662. The topological polar surface area (TPSA) is 17.1 Å². The highest BCUT2D eigenvalue weighted by Gasteiger charge is 1.99. The van der Waals surface area contributed by atoms with Gasteiger partial charge in [-0.2, -0.15) is 0 Å². The quantitative estimate of drug-likeness (QED) is 0.560. The molecule has 0 aromatic heterocycles. The molecule has 0 aliphatic heterocycles. The van der Waals surface area contributed by atoms with Crippen LogP contribution < -0.4 is 0 Å². The number of carbonyl (C=O) groups is 1. The van der Waals surface area contributed by atoms with Crippen molar-refractivity contribution < 1.29 is 13.6 Å². The Morgan fingerprint density at radius 2 is 1.87 bits per heavy atom. The molecule has 0 bridgehead atoms. The van der Waals surface area contributed by atoms with E-state index in [2.05, 4.69) is 0 Å². The van der Waals surface area contributed by atoms with Crippen LogP contribution in [-0.4, -0.2) is 5.24 Å². The van der Waals surface area contributed by atoms with Crippen molar-refractivity contribution in [2.75, 3.05) is 0 Å². The van der Waals surface area contributed by atoms with E-state index in [1.807, 2.05) is 13.8 Å². The Bertz CT molecular complexity index is 362. The fourth-order valence-electron chi connectivity index (χ4n) is 0.778. The second-order valence-corrected chi connectivity index (χ2v) is 2.68. The van der Waals surface area contributed by atoms with E-state index in [0.717, 1.165) is 18.2 Å². The first-order valence-corrected chi connectivity index (χ1v) is 4.80.